The molecule has 1 heterocycles. The number of ether oxygens (including phenoxy) is 1. The van der Waals surface area contributed by atoms with Crippen molar-refractivity contribution in [2.45, 2.75) is 46.1 Å². The maximum Gasteiger partial charge on any atom is 0.350 e. The molecule has 0 saturated heterocycles. The highest BCUT2D eigenvalue weighted by Crippen LogP contribution is 2.27. The van der Waals surface area contributed by atoms with Crippen molar-refractivity contribution < 1.29 is 4.74 Å². The van der Waals surface area contributed by atoms with Crippen LogP contribution in [0.5, 0.6) is 0 Å². The second kappa shape index (κ2) is 9.46. The van der Waals surface area contributed by atoms with E-state index in [9.17, 15) is 4.79 Å². The van der Waals surface area contributed by atoms with E-state index in [1.165, 1.54) is 10.9 Å². The first-order valence-corrected chi connectivity index (χ1v) is 9.50. The van der Waals surface area contributed by atoms with E-state index in [4.69, 9.17) is 22.1 Å². The van der Waals surface area contributed by atoms with Crippen LogP contribution in [0.25, 0.3) is 11.3 Å². The van der Waals surface area contributed by atoms with Gasteiger partial charge in [0.2, 0.25) is 0 Å². The van der Waals surface area contributed by atoms with Gasteiger partial charge in [-0.05, 0) is 44.4 Å². The number of allylic oxidation sites excluding steroid dienone is 8. The van der Waals surface area contributed by atoms with Gasteiger partial charge in [-0.25, -0.2) is 14.0 Å². The van der Waals surface area contributed by atoms with E-state index in [1.807, 2.05) is 44.2 Å². The second-order valence-electron chi connectivity index (χ2n) is 6.25. The zero-order chi connectivity index (χ0) is 20.0. The third kappa shape index (κ3) is 4.83. The quantitative estimate of drug-likeness (QED) is 0.716. The molecule has 146 valence electrons. The van der Waals surface area contributed by atoms with Crippen LogP contribution in [-0.2, 0) is 11.8 Å². The van der Waals surface area contributed by atoms with Crippen LogP contribution >= 0.6 is 11.6 Å². The molecule has 1 aromatic rings. The summed E-state index contributed by atoms with van der Waals surface area (Å²) in [6, 6.07) is 0. The normalized spacial score (nSPS) is 16.6. The van der Waals surface area contributed by atoms with E-state index in [-0.39, 0.29) is 11.8 Å². The van der Waals surface area contributed by atoms with E-state index in [2.05, 4.69) is 12.0 Å². The number of aryl methyl sites for hydroxylation is 1. The average molecular weight is 391 g/mol. The van der Waals surface area contributed by atoms with Crippen LogP contribution in [0.1, 0.15) is 45.9 Å². The first kappa shape index (κ1) is 20.8. The molecule has 1 aromatic heterocycles. The van der Waals surface area contributed by atoms with Gasteiger partial charge in [-0.2, -0.15) is 0 Å². The van der Waals surface area contributed by atoms with E-state index in [0.29, 0.717) is 28.5 Å². The predicted molar refractivity (Wildman–Crippen MR) is 111 cm³/mol. The molecular weight excluding hydrogens is 364 g/mol. The Labute approximate surface area is 165 Å². The summed E-state index contributed by atoms with van der Waals surface area (Å²) in [5.41, 5.74) is 6.69. The molecule has 6 nitrogen and oxygen atoms in total. The van der Waals surface area contributed by atoms with Crippen molar-refractivity contribution in [1.29, 1.82) is 0 Å². The third-order valence-corrected chi connectivity index (χ3v) is 4.54. The van der Waals surface area contributed by atoms with Gasteiger partial charge in [0.1, 0.15) is 5.76 Å². The summed E-state index contributed by atoms with van der Waals surface area (Å²) in [5, 5.41) is 4.73. The maximum absolute atomic E-state index is 12.7. The highest BCUT2D eigenvalue weighted by molar-refractivity contribution is 6.36. The molecule has 7 heteroatoms. The summed E-state index contributed by atoms with van der Waals surface area (Å²) >= 11 is 6.28. The Balaban J connectivity index is 2.48. The van der Waals surface area contributed by atoms with Gasteiger partial charge >= 0.3 is 5.69 Å². The highest BCUT2D eigenvalue weighted by Gasteiger charge is 2.20. The van der Waals surface area contributed by atoms with Crippen molar-refractivity contribution in [2.24, 2.45) is 12.8 Å². The number of aromatic nitrogens is 3. The standard InChI is InChI=1S/C20H27ClN4O2/c1-5-8-17(18(21)13-22)19-23-24(4)20(26)25(19)15-9-7-10-16(12-11-15)27-14(3)6-2/h8-14H,5-7,22H2,1-4H3/b17-8+,18-13+. The van der Waals surface area contributed by atoms with Gasteiger partial charge in [0, 0.05) is 24.5 Å². The van der Waals surface area contributed by atoms with Gasteiger partial charge in [-0.3, -0.25) is 0 Å². The molecule has 0 radical (unpaired) electrons. The Morgan fingerprint density at radius 3 is 2.78 bits per heavy atom. The van der Waals surface area contributed by atoms with E-state index in [0.717, 1.165) is 18.6 Å². The van der Waals surface area contributed by atoms with Crippen LogP contribution in [0.2, 0.25) is 0 Å². The van der Waals surface area contributed by atoms with E-state index >= 15 is 0 Å². The number of hydrogen-bond donors (Lipinski definition) is 1. The summed E-state index contributed by atoms with van der Waals surface area (Å²) < 4.78 is 8.73. The molecule has 1 atom stereocenters. The molecule has 0 fully saturated rings. The Kier molecular flexibility index (Phi) is 7.30. The molecule has 0 spiro atoms. The fraction of sp³-hybridized carbons (Fsp3) is 0.400. The zero-order valence-corrected chi connectivity index (χ0v) is 17.0. The lowest BCUT2D eigenvalue weighted by Gasteiger charge is -2.12. The number of hydrogen-bond acceptors (Lipinski definition) is 4. The minimum absolute atomic E-state index is 0.131. The minimum Gasteiger partial charge on any atom is -0.491 e. The molecule has 0 bridgehead atoms. The van der Waals surface area contributed by atoms with Gasteiger partial charge < -0.3 is 10.5 Å². The van der Waals surface area contributed by atoms with Crippen LogP contribution in [-0.4, -0.2) is 20.5 Å². The second-order valence-corrected chi connectivity index (χ2v) is 6.65. The predicted octanol–water partition coefficient (Wildman–Crippen LogP) is 3.91. The lowest BCUT2D eigenvalue weighted by molar-refractivity contribution is 0.137. The van der Waals surface area contributed by atoms with Gasteiger partial charge in [0.15, 0.2) is 5.82 Å². The molecule has 0 aliphatic heterocycles. The molecule has 0 amide bonds. The number of halogens is 1. The van der Waals surface area contributed by atoms with E-state index in [1.54, 1.807) is 11.6 Å². The van der Waals surface area contributed by atoms with Gasteiger partial charge in [-0.1, -0.05) is 37.6 Å². The lowest BCUT2D eigenvalue weighted by atomic mass is 10.2. The SMILES string of the molecule is CC/C=C(\C(Cl)=C/N)c1nn(C)c(=O)n1C1=CCC=C(OC(C)CC)C=C1. The summed E-state index contributed by atoms with van der Waals surface area (Å²) in [4.78, 5) is 12.7. The first-order valence-electron chi connectivity index (χ1n) is 9.12. The third-order valence-electron chi connectivity index (χ3n) is 4.21. The molecular formula is C20H27ClN4O2. The van der Waals surface area contributed by atoms with Crippen molar-refractivity contribution in [3.05, 3.63) is 63.7 Å². The van der Waals surface area contributed by atoms with Crippen LogP contribution in [0.4, 0.5) is 0 Å². The van der Waals surface area contributed by atoms with E-state index < -0.39 is 0 Å². The largest absolute Gasteiger partial charge is 0.491 e. The molecule has 0 aromatic carbocycles. The molecule has 1 aliphatic carbocycles. The summed E-state index contributed by atoms with van der Waals surface area (Å²) in [6.07, 6.45) is 13.3. The Bertz CT molecular complexity index is 884. The van der Waals surface area contributed by atoms with Crippen molar-refractivity contribution in [2.75, 3.05) is 0 Å². The Hall–Kier alpha value is -2.47. The maximum atomic E-state index is 12.7. The van der Waals surface area contributed by atoms with Gasteiger partial charge in [-0.15, -0.1) is 5.10 Å². The number of rotatable bonds is 7. The van der Waals surface area contributed by atoms with Crippen molar-refractivity contribution in [1.82, 2.24) is 14.3 Å². The Morgan fingerprint density at radius 2 is 2.15 bits per heavy atom. The topological polar surface area (TPSA) is 75.1 Å². The highest BCUT2D eigenvalue weighted by atomic mass is 35.5. The molecule has 2 N–H and O–H groups in total. The van der Waals surface area contributed by atoms with Crippen LogP contribution in [0.3, 0.4) is 0 Å². The monoisotopic (exact) mass is 390 g/mol. The molecule has 1 aliphatic rings. The molecule has 27 heavy (non-hydrogen) atoms. The zero-order valence-electron chi connectivity index (χ0n) is 16.3. The fourth-order valence-electron chi connectivity index (χ4n) is 2.63. The molecule has 2 rings (SSSR count). The number of nitrogens with zero attached hydrogens (tertiary/aromatic N) is 3. The fourth-order valence-corrected chi connectivity index (χ4v) is 2.79. The van der Waals surface area contributed by atoms with Crippen LogP contribution in [0.15, 0.2) is 52.2 Å². The minimum atomic E-state index is -0.254. The molecule has 0 saturated carbocycles. The van der Waals surface area contributed by atoms with Gasteiger partial charge in [0.05, 0.1) is 11.1 Å². The summed E-state index contributed by atoms with van der Waals surface area (Å²) in [7, 11) is 1.61. The van der Waals surface area contributed by atoms with Crippen LogP contribution in [0, 0.1) is 0 Å². The van der Waals surface area contributed by atoms with Crippen molar-refractivity contribution >= 4 is 22.9 Å². The van der Waals surface area contributed by atoms with Crippen LogP contribution < -0.4 is 11.4 Å². The summed E-state index contributed by atoms with van der Waals surface area (Å²) in [5.74, 6) is 1.25. The van der Waals surface area contributed by atoms with Gasteiger partial charge in [0.25, 0.3) is 0 Å². The Morgan fingerprint density at radius 1 is 1.41 bits per heavy atom. The van der Waals surface area contributed by atoms with Crippen molar-refractivity contribution in [3.8, 4) is 0 Å². The van der Waals surface area contributed by atoms with Crippen molar-refractivity contribution in [3.63, 3.8) is 0 Å². The lowest BCUT2D eigenvalue weighted by Crippen LogP contribution is -2.22. The summed E-state index contributed by atoms with van der Waals surface area (Å²) in [6.45, 7) is 6.09. The molecule has 1 unspecified atom stereocenters. The first-order chi connectivity index (χ1) is 12.9. The smallest absolute Gasteiger partial charge is 0.350 e. The average Bonchev–Trinajstić information content (AvgIpc) is 2.82. The number of nitrogens with two attached hydrogens (primary N) is 1.